The lowest BCUT2D eigenvalue weighted by molar-refractivity contribution is -0.133. The smallest absolute Gasteiger partial charge is 0.268 e. The third kappa shape index (κ3) is 5.30. The first-order valence-corrected chi connectivity index (χ1v) is 9.86. The first-order chi connectivity index (χ1) is 14.5. The van der Waals surface area contributed by atoms with Crippen molar-refractivity contribution in [2.45, 2.75) is 19.1 Å². The number of aliphatic hydroxyl groups excluding tert-OH is 1. The van der Waals surface area contributed by atoms with Crippen LogP contribution in [0.4, 0.5) is 0 Å². The minimum atomic E-state index is -1.27. The van der Waals surface area contributed by atoms with Gasteiger partial charge < -0.3 is 10.4 Å². The SMILES string of the molecule is C[C@@H](O)[C@H](NC(=O)c1ccc(C#Cc2ccc(-c3ccccn3)s2)cc1)C(=O)NO. The van der Waals surface area contributed by atoms with Crippen LogP contribution in [0.3, 0.4) is 0 Å². The Morgan fingerprint density at radius 1 is 1.07 bits per heavy atom. The van der Waals surface area contributed by atoms with Gasteiger partial charge in [0, 0.05) is 17.3 Å². The van der Waals surface area contributed by atoms with Crippen LogP contribution in [0.15, 0.2) is 60.8 Å². The quantitative estimate of drug-likeness (QED) is 0.287. The van der Waals surface area contributed by atoms with Crippen molar-refractivity contribution in [1.29, 1.82) is 0 Å². The molecule has 3 aromatic rings. The number of hydroxylamine groups is 1. The van der Waals surface area contributed by atoms with Crippen molar-refractivity contribution in [1.82, 2.24) is 15.8 Å². The number of amides is 2. The van der Waals surface area contributed by atoms with Crippen LogP contribution in [-0.2, 0) is 4.79 Å². The summed E-state index contributed by atoms with van der Waals surface area (Å²) in [5, 5.41) is 20.7. The van der Waals surface area contributed by atoms with E-state index in [4.69, 9.17) is 5.21 Å². The Hall–Kier alpha value is -3.51. The topological polar surface area (TPSA) is 112 Å². The molecule has 0 fully saturated rings. The van der Waals surface area contributed by atoms with Gasteiger partial charge in [0.1, 0.15) is 6.04 Å². The van der Waals surface area contributed by atoms with E-state index in [9.17, 15) is 14.7 Å². The highest BCUT2D eigenvalue weighted by Gasteiger charge is 2.25. The fourth-order valence-corrected chi connectivity index (χ4v) is 3.43. The van der Waals surface area contributed by atoms with Gasteiger partial charge in [-0.15, -0.1) is 11.3 Å². The minimum Gasteiger partial charge on any atom is -0.391 e. The molecule has 0 spiro atoms. The molecule has 1 aromatic carbocycles. The molecule has 0 unspecified atom stereocenters. The van der Waals surface area contributed by atoms with Gasteiger partial charge >= 0.3 is 0 Å². The minimum absolute atomic E-state index is 0.297. The van der Waals surface area contributed by atoms with Crippen molar-refractivity contribution >= 4 is 23.2 Å². The zero-order valence-corrected chi connectivity index (χ0v) is 16.8. The van der Waals surface area contributed by atoms with E-state index in [1.54, 1.807) is 41.8 Å². The van der Waals surface area contributed by atoms with Gasteiger partial charge in [-0.05, 0) is 55.5 Å². The maximum Gasteiger partial charge on any atom is 0.268 e. The highest BCUT2D eigenvalue weighted by Crippen LogP contribution is 2.25. The van der Waals surface area contributed by atoms with E-state index >= 15 is 0 Å². The Kier molecular flexibility index (Phi) is 6.93. The molecule has 2 amide bonds. The number of rotatable bonds is 5. The summed E-state index contributed by atoms with van der Waals surface area (Å²) in [4.78, 5) is 30.1. The molecule has 0 aliphatic rings. The number of benzene rings is 1. The number of hydrogen-bond acceptors (Lipinski definition) is 6. The second-order valence-corrected chi connectivity index (χ2v) is 7.46. The first-order valence-electron chi connectivity index (χ1n) is 9.04. The van der Waals surface area contributed by atoms with Gasteiger partial charge in [0.05, 0.1) is 21.6 Å². The third-order valence-corrected chi connectivity index (χ3v) is 5.19. The Morgan fingerprint density at radius 2 is 1.83 bits per heavy atom. The van der Waals surface area contributed by atoms with Gasteiger partial charge in [0.15, 0.2) is 0 Å². The summed E-state index contributed by atoms with van der Waals surface area (Å²) < 4.78 is 0. The van der Waals surface area contributed by atoms with Crippen molar-refractivity contribution in [2.75, 3.05) is 0 Å². The lowest BCUT2D eigenvalue weighted by atomic mass is 10.1. The van der Waals surface area contributed by atoms with Crippen LogP contribution in [0.1, 0.15) is 27.7 Å². The van der Waals surface area contributed by atoms with Crippen LogP contribution in [-0.4, -0.2) is 39.3 Å². The molecule has 0 radical (unpaired) electrons. The lowest BCUT2D eigenvalue weighted by Crippen LogP contribution is -2.51. The Balaban J connectivity index is 1.68. The van der Waals surface area contributed by atoms with Gasteiger partial charge in [-0.2, -0.15) is 0 Å². The molecule has 2 heterocycles. The van der Waals surface area contributed by atoms with Crippen molar-refractivity contribution in [3.05, 3.63) is 76.8 Å². The van der Waals surface area contributed by atoms with Gasteiger partial charge in [-0.1, -0.05) is 17.9 Å². The number of nitrogens with zero attached hydrogens (tertiary/aromatic N) is 1. The highest BCUT2D eigenvalue weighted by atomic mass is 32.1. The van der Waals surface area contributed by atoms with E-state index < -0.39 is 24.0 Å². The van der Waals surface area contributed by atoms with Crippen LogP contribution < -0.4 is 10.8 Å². The number of nitrogens with one attached hydrogen (secondary N) is 2. The molecule has 2 aromatic heterocycles. The molecule has 3 rings (SSSR count). The van der Waals surface area contributed by atoms with Crippen molar-refractivity contribution in [2.24, 2.45) is 0 Å². The third-order valence-electron chi connectivity index (χ3n) is 4.16. The van der Waals surface area contributed by atoms with Crippen molar-refractivity contribution in [3.63, 3.8) is 0 Å². The predicted molar refractivity (Wildman–Crippen MR) is 113 cm³/mol. The molecule has 2 atom stereocenters. The average Bonchev–Trinajstić information content (AvgIpc) is 3.25. The number of carbonyl (C=O) groups is 2. The first kappa shape index (κ1) is 21.2. The summed E-state index contributed by atoms with van der Waals surface area (Å²) in [5.74, 6) is 4.69. The molecule has 8 heteroatoms. The van der Waals surface area contributed by atoms with E-state index in [0.717, 1.165) is 21.0 Å². The maximum absolute atomic E-state index is 12.3. The summed E-state index contributed by atoms with van der Waals surface area (Å²) in [6.07, 6.45) is 0.575. The number of carbonyl (C=O) groups excluding carboxylic acids is 2. The molecule has 0 bridgehead atoms. The number of aromatic nitrogens is 1. The summed E-state index contributed by atoms with van der Waals surface area (Å²) in [5.41, 5.74) is 3.34. The van der Waals surface area contributed by atoms with Gasteiger partial charge in [-0.3, -0.25) is 19.8 Å². The molecule has 0 aliphatic heterocycles. The maximum atomic E-state index is 12.3. The molecule has 30 heavy (non-hydrogen) atoms. The van der Waals surface area contributed by atoms with Crippen LogP contribution >= 0.6 is 11.3 Å². The standard InChI is InChI=1S/C22H19N3O4S/c1-14(26)20(22(28)25-29)24-21(27)16-8-5-15(6-9-16)7-10-17-11-12-19(30-17)18-4-2-3-13-23-18/h2-6,8-9,11-14,20,26,29H,1H3,(H,24,27)(H,25,28)/t14-,20+/m1/s1. The van der Waals surface area contributed by atoms with E-state index in [2.05, 4.69) is 22.1 Å². The second-order valence-electron chi connectivity index (χ2n) is 6.37. The molecular formula is C22H19N3O4S. The molecule has 0 saturated carbocycles. The number of thiophene rings is 1. The highest BCUT2D eigenvalue weighted by molar-refractivity contribution is 7.16. The Bertz CT molecular complexity index is 1080. The van der Waals surface area contributed by atoms with Crippen LogP contribution in [0.25, 0.3) is 10.6 Å². The van der Waals surface area contributed by atoms with Crippen LogP contribution in [0.2, 0.25) is 0 Å². The summed E-state index contributed by atoms with van der Waals surface area (Å²) >= 11 is 1.55. The number of pyridine rings is 1. The average molecular weight is 421 g/mol. The van der Waals surface area contributed by atoms with E-state index in [1.807, 2.05) is 30.3 Å². The van der Waals surface area contributed by atoms with Crippen molar-refractivity contribution in [3.8, 4) is 22.4 Å². The zero-order chi connectivity index (χ0) is 21.5. The molecule has 4 N–H and O–H groups in total. The fourth-order valence-electron chi connectivity index (χ4n) is 2.59. The van der Waals surface area contributed by atoms with E-state index in [1.165, 1.54) is 12.4 Å². The Morgan fingerprint density at radius 3 is 2.47 bits per heavy atom. The lowest BCUT2D eigenvalue weighted by Gasteiger charge is -2.19. The molecular weight excluding hydrogens is 402 g/mol. The van der Waals surface area contributed by atoms with Crippen LogP contribution in [0.5, 0.6) is 0 Å². The summed E-state index contributed by atoms with van der Waals surface area (Å²) in [6.45, 7) is 1.34. The van der Waals surface area contributed by atoms with Gasteiger partial charge in [-0.25, -0.2) is 5.48 Å². The van der Waals surface area contributed by atoms with Crippen LogP contribution in [0, 0.1) is 11.8 Å². The second kappa shape index (κ2) is 9.80. The van der Waals surface area contributed by atoms with E-state index in [0.29, 0.717) is 5.56 Å². The summed E-state index contributed by atoms with van der Waals surface area (Å²) in [7, 11) is 0. The number of aliphatic hydroxyl groups is 1. The Labute approximate surface area is 177 Å². The van der Waals surface area contributed by atoms with Gasteiger partial charge in [0.25, 0.3) is 11.8 Å². The molecule has 7 nitrogen and oxygen atoms in total. The zero-order valence-electron chi connectivity index (χ0n) is 16.0. The monoisotopic (exact) mass is 421 g/mol. The van der Waals surface area contributed by atoms with E-state index in [-0.39, 0.29) is 0 Å². The predicted octanol–water partition coefficient (Wildman–Crippen LogP) is 2.19. The normalized spacial score (nSPS) is 12.2. The summed E-state index contributed by atoms with van der Waals surface area (Å²) in [6, 6.07) is 14.9. The number of hydrogen-bond donors (Lipinski definition) is 4. The van der Waals surface area contributed by atoms with Gasteiger partial charge in [0.2, 0.25) is 0 Å². The molecule has 0 aliphatic carbocycles. The fraction of sp³-hybridized carbons (Fsp3) is 0.136. The molecule has 152 valence electrons. The molecule has 0 saturated heterocycles. The largest absolute Gasteiger partial charge is 0.391 e. The van der Waals surface area contributed by atoms with Crippen molar-refractivity contribution < 1.29 is 19.9 Å².